The molecule has 2 unspecified atom stereocenters. The molecule has 0 amide bonds. The van der Waals surface area contributed by atoms with E-state index in [9.17, 15) is 5.11 Å². The van der Waals surface area contributed by atoms with Gasteiger partial charge in [0.1, 0.15) is 11.2 Å². The third-order valence-electron chi connectivity index (χ3n) is 3.61. The number of nitrogens with one attached hydrogen (secondary N) is 1. The Morgan fingerprint density at radius 1 is 1.29 bits per heavy atom. The number of fused-ring (bicyclic) bond motifs is 1. The van der Waals surface area contributed by atoms with E-state index < -0.39 is 15.4 Å². The SMILES string of the molecule is CCNC(CC(Cl)(Cl)Cl)C(C)(O)c1ccc2ccoc2c1. The molecule has 6 heteroatoms. The van der Waals surface area contributed by atoms with Crippen LogP contribution in [0.3, 0.4) is 0 Å². The first kappa shape index (κ1) is 16.9. The number of alkyl halides is 3. The molecule has 116 valence electrons. The Balaban J connectivity index is 2.35. The highest BCUT2D eigenvalue weighted by molar-refractivity contribution is 6.67. The van der Waals surface area contributed by atoms with Crippen LogP contribution >= 0.6 is 34.8 Å². The minimum atomic E-state index is -1.44. The number of likely N-dealkylation sites (N-methyl/N-ethyl adjacent to an activating group) is 1. The number of rotatable bonds is 5. The molecule has 0 fully saturated rings. The molecular formula is C15H18Cl3NO2. The molecule has 1 heterocycles. The van der Waals surface area contributed by atoms with Gasteiger partial charge < -0.3 is 14.8 Å². The van der Waals surface area contributed by atoms with Crippen molar-refractivity contribution in [3.63, 3.8) is 0 Å². The largest absolute Gasteiger partial charge is 0.464 e. The van der Waals surface area contributed by atoms with Gasteiger partial charge in [0, 0.05) is 17.8 Å². The zero-order valence-electron chi connectivity index (χ0n) is 11.9. The van der Waals surface area contributed by atoms with Crippen LogP contribution < -0.4 is 5.32 Å². The smallest absolute Gasteiger partial charge is 0.192 e. The van der Waals surface area contributed by atoms with Crippen molar-refractivity contribution in [3.05, 3.63) is 36.1 Å². The van der Waals surface area contributed by atoms with Gasteiger partial charge >= 0.3 is 0 Å². The average molecular weight is 351 g/mol. The molecule has 2 atom stereocenters. The van der Waals surface area contributed by atoms with Crippen molar-refractivity contribution in [2.24, 2.45) is 0 Å². The van der Waals surface area contributed by atoms with E-state index >= 15 is 0 Å². The van der Waals surface area contributed by atoms with E-state index in [4.69, 9.17) is 39.2 Å². The molecule has 3 nitrogen and oxygen atoms in total. The molecule has 2 rings (SSSR count). The molecule has 2 aromatic rings. The second kappa shape index (κ2) is 6.35. The monoisotopic (exact) mass is 349 g/mol. The van der Waals surface area contributed by atoms with Crippen LogP contribution in [-0.2, 0) is 5.60 Å². The van der Waals surface area contributed by atoms with Crippen molar-refractivity contribution in [2.45, 2.75) is 35.7 Å². The van der Waals surface area contributed by atoms with Gasteiger partial charge in [-0.15, -0.1) is 0 Å². The second-order valence-corrected chi connectivity index (χ2v) is 7.77. The number of halogens is 3. The minimum Gasteiger partial charge on any atom is -0.464 e. The molecule has 2 N–H and O–H groups in total. The summed E-state index contributed by atoms with van der Waals surface area (Å²) in [4.78, 5) is 0. The molecule has 0 aliphatic heterocycles. The highest BCUT2D eigenvalue weighted by Crippen LogP contribution is 2.37. The standard InChI is InChI=1S/C15H18Cl3NO2/c1-3-19-13(9-15(16,17)18)14(2,20)11-5-4-10-6-7-21-12(10)8-11/h4-8,13,19-20H,3,9H2,1-2H3. The molecule has 0 saturated heterocycles. The molecule has 0 bridgehead atoms. The second-order valence-electron chi connectivity index (χ2n) is 5.25. The van der Waals surface area contributed by atoms with E-state index in [1.807, 2.05) is 31.2 Å². The van der Waals surface area contributed by atoms with Crippen LogP contribution in [0.4, 0.5) is 0 Å². The molecule has 1 aromatic heterocycles. The van der Waals surface area contributed by atoms with Crippen LogP contribution in [0.1, 0.15) is 25.8 Å². The molecule has 0 radical (unpaired) electrons. The lowest BCUT2D eigenvalue weighted by Gasteiger charge is -2.35. The van der Waals surface area contributed by atoms with Crippen molar-refractivity contribution < 1.29 is 9.52 Å². The lowest BCUT2D eigenvalue weighted by atomic mass is 9.86. The summed E-state index contributed by atoms with van der Waals surface area (Å²) in [5.74, 6) is 0. The molecule has 0 spiro atoms. The van der Waals surface area contributed by atoms with Gasteiger partial charge in [0.2, 0.25) is 0 Å². The third kappa shape index (κ3) is 4.05. The van der Waals surface area contributed by atoms with E-state index in [-0.39, 0.29) is 6.42 Å². The van der Waals surface area contributed by atoms with Crippen LogP contribution in [0.15, 0.2) is 34.9 Å². The van der Waals surface area contributed by atoms with Gasteiger partial charge in [0.05, 0.1) is 6.26 Å². The normalized spacial score (nSPS) is 16.9. The van der Waals surface area contributed by atoms with Gasteiger partial charge in [-0.2, -0.15) is 0 Å². The maximum absolute atomic E-state index is 11.0. The number of hydrogen-bond donors (Lipinski definition) is 2. The van der Waals surface area contributed by atoms with Gasteiger partial charge in [0.15, 0.2) is 3.79 Å². The third-order valence-corrected chi connectivity index (χ3v) is 4.07. The van der Waals surface area contributed by atoms with E-state index in [0.717, 1.165) is 11.0 Å². The predicted octanol–water partition coefficient (Wildman–Crippen LogP) is 4.38. The first-order valence-electron chi connectivity index (χ1n) is 6.74. The summed E-state index contributed by atoms with van der Waals surface area (Å²) in [5, 5.41) is 15.1. The summed E-state index contributed by atoms with van der Waals surface area (Å²) in [6.45, 7) is 4.31. The summed E-state index contributed by atoms with van der Waals surface area (Å²) >= 11 is 17.7. The molecule has 1 aromatic carbocycles. The molecular weight excluding hydrogens is 333 g/mol. The van der Waals surface area contributed by atoms with Crippen molar-refractivity contribution in [1.29, 1.82) is 0 Å². The van der Waals surface area contributed by atoms with E-state index in [1.54, 1.807) is 13.2 Å². The van der Waals surface area contributed by atoms with Gasteiger partial charge in [-0.1, -0.05) is 53.9 Å². The first-order chi connectivity index (χ1) is 9.74. The number of hydrogen-bond acceptors (Lipinski definition) is 3. The fourth-order valence-corrected chi connectivity index (χ4v) is 2.88. The molecule has 0 saturated carbocycles. The quantitative estimate of drug-likeness (QED) is 0.787. The predicted molar refractivity (Wildman–Crippen MR) is 88.2 cm³/mol. The fourth-order valence-electron chi connectivity index (χ4n) is 2.42. The zero-order chi connectivity index (χ0) is 15.7. The first-order valence-corrected chi connectivity index (χ1v) is 7.87. The summed E-state index contributed by atoms with van der Waals surface area (Å²) < 4.78 is 3.95. The number of furan rings is 1. The Morgan fingerprint density at radius 3 is 2.62 bits per heavy atom. The Kier molecular flexibility index (Phi) is 5.11. The van der Waals surface area contributed by atoms with Gasteiger partial charge in [-0.05, 0) is 31.2 Å². The van der Waals surface area contributed by atoms with Gasteiger partial charge in [-0.3, -0.25) is 0 Å². The molecule has 21 heavy (non-hydrogen) atoms. The molecule has 0 aliphatic carbocycles. The van der Waals surface area contributed by atoms with Gasteiger partial charge in [-0.25, -0.2) is 0 Å². The fraction of sp³-hybridized carbons (Fsp3) is 0.467. The lowest BCUT2D eigenvalue weighted by molar-refractivity contribution is 0.0129. The van der Waals surface area contributed by atoms with Crippen LogP contribution in [0, 0.1) is 0 Å². The highest BCUT2D eigenvalue weighted by atomic mass is 35.6. The average Bonchev–Trinajstić information content (AvgIpc) is 2.83. The maximum atomic E-state index is 11.0. The topological polar surface area (TPSA) is 45.4 Å². The van der Waals surface area contributed by atoms with Crippen molar-refractivity contribution in [1.82, 2.24) is 5.32 Å². The van der Waals surface area contributed by atoms with Crippen LogP contribution in [0.2, 0.25) is 0 Å². The lowest BCUT2D eigenvalue weighted by Crippen LogP contribution is -2.48. The number of benzene rings is 1. The van der Waals surface area contributed by atoms with Crippen LogP contribution in [0.5, 0.6) is 0 Å². The summed E-state index contributed by atoms with van der Waals surface area (Å²) in [6.07, 6.45) is 1.81. The Bertz CT molecular complexity index is 604. The summed E-state index contributed by atoms with van der Waals surface area (Å²) in [5.41, 5.74) is 0.239. The number of aliphatic hydroxyl groups is 1. The minimum absolute atomic E-state index is 0.189. The Morgan fingerprint density at radius 2 is 2.00 bits per heavy atom. The highest BCUT2D eigenvalue weighted by Gasteiger charge is 2.38. The van der Waals surface area contributed by atoms with E-state index in [0.29, 0.717) is 12.1 Å². The molecule has 0 aliphatic rings. The Labute approximate surface area is 139 Å². The van der Waals surface area contributed by atoms with Crippen LogP contribution in [-0.4, -0.2) is 21.5 Å². The van der Waals surface area contributed by atoms with Crippen molar-refractivity contribution in [3.8, 4) is 0 Å². The maximum Gasteiger partial charge on any atom is 0.192 e. The van der Waals surface area contributed by atoms with Gasteiger partial charge in [0.25, 0.3) is 0 Å². The van der Waals surface area contributed by atoms with Crippen molar-refractivity contribution >= 4 is 45.8 Å². The van der Waals surface area contributed by atoms with E-state index in [1.165, 1.54) is 0 Å². The Hall–Kier alpha value is -0.450. The van der Waals surface area contributed by atoms with Crippen LogP contribution in [0.25, 0.3) is 11.0 Å². The summed E-state index contributed by atoms with van der Waals surface area (Å²) in [7, 11) is 0. The summed E-state index contributed by atoms with van der Waals surface area (Å²) in [6, 6.07) is 7.05. The zero-order valence-corrected chi connectivity index (χ0v) is 14.1. The van der Waals surface area contributed by atoms with E-state index in [2.05, 4.69) is 5.32 Å². The van der Waals surface area contributed by atoms with Crippen molar-refractivity contribution in [2.75, 3.05) is 6.54 Å².